The van der Waals surface area contributed by atoms with Gasteiger partial charge in [-0.15, -0.1) is 0 Å². The van der Waals surface area contributed by atoms with E-state index in [-0.39, 0.29) is 29.2 Å². The van der Waals surface area contributed by atoms with Crippen LogP contribution in [0.4, 0.5) is 5.69 Å². The second-order valence-electron chi connectivity index (χ2n) is 6.13. The van der Waals surface area contributed by atoms with Crippen LogP contribution in [0, 0.1) is 6.92 Å². The minimum Gasteiger partial charge on any atom is -0.348 e. The highest BCUT2D eigenvalue weighted by Crippen LogP contribution is 2.18. The van der Waals surface area contributed by atoms with Crippen LogP contribution in [0.25, 0.3) is 0 Å². The first-order valence-corrected chi connectivity index (χ1v) is 8.28. The lowest BCUT2D eigenvalue weighted by molar-refractivity contribution is 0.0932. The summed E-state index contributed by atoms with van der Waals surface area (Å²) >= 11 is 0. The zero-order valence-electron chi connectivity index (χ0n) is 13.7. The Bertz CT molecular complexity index is 752. The average molecular weight is 323 g/mol. The molecule has 0 bridgehead atoms. The van der Waals surface area contributed by atoms with Crippen LogP contribution < -0.4 is 10.6 Å². The van der Waals surface area contributed by atoms with Gasteiger partial charge in [-0.25, -0.2) is 4.98 Å². The van der Waals surface area contributed by atoms with Crippen LogP contribution in [0.1, 0.15) is 52.2 Å². The lowest BCUT2D eigenvalue weighted by atomic mass is 10.2. The van der Waals surface area contributed by atoms with Crippen molar-refractivity contribution in [2.75, 3.05) is 5.32 Å². The molecule has 5 nitrogen and oxygen atoms in total. The molecular weight excluding hydrogens is 302 g/mol. The van der Waals surface area contributed by atoms with Gasteiger partial charge in [0, 0.05) is 11.7 Å². The van der Waals surface area contributed by atoms with E-state index in [1.54, 1.807) is 18.2 Å². The standard InChI is InChI=1S/C19H21N3O2/c1-13-7-2-5-10-15(13)22-19(24)17-12-6-11-16(21-17)18(23)20-14-8-3-4-9-14/h2,5-7,10-12,14H,3-4,8-9H2,1H3,(H,20,23)(H,22,24). The summed E-state index contributed by atoms with van der Waals surface area (Å²) in [5, 5.41) is 5.82. The lowest BCUT2D eigenvalue weighted by Gasteiger charge is -2.12. The second-order valence-corrected chi connectivity index (χ2v) is 6.13. The van der Waals surface area contributed by atoms with Gasteiger partial charge in [-0.05, 0) is 43.5 Å². The Morgan fingerprint density at radius 1 is 0.958 bits per heavy atom. The van der Waals surface area contributed by atoms with Gasteiger partial charge in [-0.3, -0.25) is 9.59 Å². The van der Waals surface area contributed by atoms with Gasteiger partial charge in [0.1, 0.15) is 11.4 Å². The molecule has 1 aliphatic carbocycles. The molecule has 0 atom stereocenters. The van der Waals surface area contributed by atoms with Crippen LogP contribution in [0.2, 0.25) is 0 Å². The van der Waals surface area contributed by atoms with E-state index in [9.17, 15) is 9.59 Å². The zero-order valence-corrected chi connectivity index (χ0v) is 13.7. The molecule has 1 aromatic carbocycles. The summed E-state index contributed by atoms with van der Waals surface area (Å²) < 4.78 is 0. The van der Waals surface area contributed by atoms with Crippen LogP contribution in [-0.4, -0.2) is 22.8 Å². The molecule has 2 aromatic rings. The van der Waals surface area contributed by atoms with Crippen molar-refractivity contribution in [2.24, 2.45) is 0 Å². The second kappa shape index (κ2) is 7.25. The summed E-state index contributed by atoms with van der Waals surface area (Å²) in [6.45, 7) is 1.93. The molecule has 0 aliphatic heterocycles. The predicted molar refractivity (Wildman–Crippen MR) is 93.1 cm³/mol. The van der Waals surface area contributed by atoms with E-state index in [2.05, 4.69) is 15.6 Å². The summed E-state index contributed by atoms with van der Waals surface area (Å²) in [6, 6.07) is 12.7. The normalized spacial score (nSPS) is 14.4. The summed E-state index contributed by atoms with van der Waals surface area (Å²) in [5.41, 5.74) is 2.22. The van der Waals surface area contributed by atoms with Gasteiger partial charge < -0.3 is 10.6 Å². The van der Waals surface area contributed by atoms with Crippen molar-refractivity contribution in [3.63, 3.8) is 0 Å². The first-order chi connectivity index (χ1) is 11.6. The van der Waals surface area contributed by atoms with E-state index in [4.69, 9.17) is 0 Å². The monoisotopic (exact) mass is 323 g/mol. The Labute approximate surface area is 141 Å². The van der Waals surface area contributed by atoms with Crippen molar-refractivity contribution in [2.45, 2.75) is 38.6 Å². The maximum atomic E-state index is 12.4. The third-order valence-corrected chi connectivity index (χ3v) is 4.30. The van der Waals surface area contributed by atoms with E-state index in [1.165, 1.54) is 0 Å². The molecule has 0 saturated heterocycles. The van der Waals surface area contributed by atoms with E-state index in [1.807, 2.05) is 31.2 Å². The predicted octanol–water partition coefficient (Wildman–Crippen LogP) is 3.31. The fourth-order valence-corrected chi connectivity index (χ4v) is 2.92. The van der Waals surface area contributed by atoms with Gasteiger partial charge in [-0.2, -0.15) is 0 Å². The van der Waals surface area contributed by atoms with Crippen molar-refractivity contribution in [3.05, 3.63) is 59.4 Å². The Morgan fingerprint density at radius 2 is 1.62 bits per heavy atom. The van der Waals surface area contributed by atoms with Crippen molar-refractivity contribution in [1.29, 1.82) is 0 Å². The molecule has 0 radical (unpaired) electrons. The molecule has 5 heteroatoms. The molecule has 24 heavy (non-hydrogen) atoms. The molecule has 1 fully saturated rings. The van der Waals surface area contributed by atoms with E-state index < -0.39 is 0 Å². The number of anilines is 1. The zero-order chi connectivity index (χ0) is 16.9. The van der Waals surface area contributed by atoms with Gasteiger partial charge in [0.25, 0.3) is 11.8 Å². The average Bonchev–Trinajstić information content (AvgIpc) is 3.10. The molecule has 1 aliphatic rings. The maximum absolute atomic E-state index is 12.4. The first-order valence-electron chi connectivity index (χ1n) is 8.28. The molecule has 1 aromatic heterocycles. The SMILES string of the molecule is Cc1ccccc1NC(=O)c1cccc(C(=O)NC2CCCC2)n1. The first kappa shape index (κ1) is 16.2. The topological polar surface area (TPSA) is 71.1 Å². The number of hydrogen-bond donors (Lipinski definition) is 2. The number of pyridine rings is 1. The summed E-state index contributed by atoms with van der Waals surface area (Å²) in [7, 11) is 0. The number of aryl methyl sites for hydroxylation is 1. The Hall–Kier alpha value is -2.69. The number of benzene rings is 1. The highest BCUT2D eigenvalue weighted by atomic mass is 16.2. The van der Waals surface area contributed by atoms with E-state index >= 15 is 0 Å². The number of aromatic nitrogens is 1. The summed E-state index contributed by atoms with van der Waals surface area (Å²) in [4.78, 5) is 28.9. The lowest BCUT2D eigenvalue weighted by Crippen LogP contribution is -2.33. The van der Waals surface area contributed by atoms with Crippen LogP contribution >= 0.6 is 0 Å². The van der Waals surface area contributed by atoms with Crippen LogP contribution in [0.15, 0.2) is 42.5 Å². The van der Waals surface area contributed by atoms with Crippen molar-refractivity contribution in [1.82, 2.24) is 10.3 Å². The van der Waals surface area contributed by atoms with Gasteiger partial charge >= 0.3 is 0 Å². The quantitative estimate of drug-likeness (QED) is 0.907. The number of nitrogens with zero attached hydrogens (tertiary/aromatic N) is 1. The molecule has 1 saturated carbocycles. The number of hydrogen-bond acceptors (Lipinski definition) is 3. The molecule has 2 N–H and O–H groups in total. The van der Waals surface area contributed by atoms with Gasteiger partial charge in [0.05, 0.1) is 0 Å². The number of amides is 2. The number of para-hydroxylation sites is 1. The van der Waals surface area contributed by atoms with Crippen molar-refractivity contribution < 1.29 is 9.59 Å². The van der Waals surface area contributed by atoms with Crippen LogP contribution in [0.5, 0.6) is 0 Å². The summed E-state index contributed by atoms with van der Waals surface area (Å²) in [5.74, 6) is -0.535. The summed E-state index contributed by atoms with van der Waals surface area (Å²) in [6.07, 6.45) is 4.33. The Balaban J connectivity index is 1.71. The fraction of sp³-hybridized carbons (Fsp3) is 0.316. The molecular formula is C19H21N3O2. The highest BCUT2D eigenvalue weighted by molar-refractivity contribution is 6.04. The fourth-order valence-electron chi connectivity index (χ4n) is 2.92. The number of rotatable bonds is 4. The van der Waals surface area contributed by atoms with E-state index in [0.717, 1.165) is 36.9 Å². The minimum absolute atomic E-state index is 0.215. The number of nitrogens with one attached hydrogen (secondary N) is 2. The van der Waals surface area contributed by atoms with E-state index in [0.29, 0.717) is 0 Å². The van der Waals surface area contributed by atoms with Gasteiger partial charge in [-0.1, -0.05) is 37.1 Å². The van der Waals surface area contributed by atoms with Crippen molar-refractivity contribution >= 4 is 17.5 Å². The molecule has 0 spiro atoms. The Morgan fingerprint density at radius 3 is 2.33 bits per heavy atom. The largest absolute Gasteiger partial charge is 0.348 e. The van der Waals surface area contributed by atoms with Crippen molar-refractivity contribution in [3.8, 4) is 0 Å². The van der Waals surface area contributed by atoms with Gasteiger partial charge in [0.15, 0.2) is 0 Å². The molecule has 2 amide bonds. The maximum Gasteiger partial charge on any atom is 0.274 e. The Kier molecular flexibility index (Phi) is 4.89. The third-order valence-electron chi connectivity index (χ3n) is 4.30. The number of carbonyl (C=O) groups is 2. The third kappa shape index (κ3) is 3.79. The molecule has 3 rings (SSSR count). The molecule has 124 valence electrons. The number of carbonyl (C=O) groups excluding carboxylic acids is 2. The smallest absolute Gasteiger partial charge is 0.274 e. The molecule has 0 unspecified atom stereocenters. The van der Waals surface area contributed by atoms with Crippen LogP contribution in [0.3, 0.4) is 0 Å². The minimum atomic E-state index is -0.320. The van der Waals surface area contributed by atoms with Crippen LogP contribution in [-0.2, 0) is 0 Å². The molecule has 1 heterocycles. The highest BCUT2D eigenvalue weighted by Gasteiger charge is 2.19. The van der Waals surface area contributed by atoms with Gasteiger partial charge in [0.2, 0.25) is 0 Å².